The van der Waals surface area contributed by atoms with Crippen LogP contribution in [0.1, 0.15) is 12.0 Å². The van der Waals surface area contributed by atoms with Crippen LogP contribution in [0.15, 0.2) is 10.7 Å². The molecule has 66 valence electrons. The maximum atomic E-state index is 12.3. The third-order valence-electron chi connectivity index (χ3n) is 1.26. The van der Waals surface area contributed by atoms with Crippen molar-refractivity contribution >= 4 is 33.3 Å². The SMILES string of the molecule is Nc1ncc(Cl)c(Br)c1C(F)F. The van der Waals surface area contributed by atoms with Crippen LogP contribution < -0.4 is 5.73 Å². The molecule has 0 saturated heterocycles. The molecule has 0 unspecified atom stereocenters. The van der Waals surface area contributed by atoms with E-state index in [0.29, 0.717) is 0 Å². The summed E-state index contributed by atoms with van der Waals surface area (Å²) in [6.07, 6.45) is -1.46. The van der Waals surface area contributed by atoms with Gasteiger partial charge in [0.05, 0.1) is 15.1 Å². The predicted molar refractivity (Wildman–Crippen MR) is 46.3 cm³/mol. The molecule has 0 aromatic carbocycles. The number of pyridine rings is 1. The van der Waals surface area contributed by atoms with E-state index < -0.39 is 6.43 Å². The van der Waals surface area contributed by atoms with E-state index in [0.717, 1.165) is 0 Å². The Morgan fingerprint density at radius 2 is 2.17 bits per heavy atom. The summed E-state index contributed by atoms with van der Waals surface area (Å²) >= 11 is 8.43. The first-order chi connectivity index (χ1) is 5.54. The Kier molecular flexibility index (Phi) is 2.85. The number of aromatic nitrogens is 1. The van der Waals surface area contributed by atoms with Crippen LogP contribution in [0.25, 0.3) is 0 Å². The summed E-state index contributed by atoms with van der Waals surface area (Å²) in [5.41, 5.74) is 4.85. The molecule has 0 atom stereocenters. The molecule has 0 saturated carbocycles. The molecule has 0 fully saturated rings. The standard InChI is InChI=1S/C6H4BrClF2N2/c7-4-2(8)1-12-6(11)3(4)5(9)10/h1,5H,(H2,11,12). The van der Waals surface area contributed by atoms with Crippen LogP contribution in [-0.2, 0) is 0 Å². The Balaban J connectivity index is 3.33. The topological polar surface area (TPSA) is 38.9 Å². The number of halogens is 4. The fraction of sp³-hybridized carbons (Fsp3) is 0.167. The zero-order chi connectivity index (χ0) is 9.30. The number of rotatable bonds is 1. The molecule has 12 heavy (non-hydrogen) atoms. The minimum atomic E-state index is -2.68. The van der Waals surface area contributed by atoms with E-state index in [-0.39, 0.29) is 20.9 Å². The minimum Gasteiger partial charge on any atom is -0.383 e. The van der Waals surface area contributed by atoms with E-state index in [1.54, 1.807) is 0 Å². The quantitative estimate of drug-likeness (QED) is 0.840. The van der Waals surface area contributed by atoms with E-state index in [2.05, 4.69) is 20.9 Å². The lowest BCUT2D eigenvalue weighted by molar-refractivity contribution is 0.151. The summed E-state index contributed by atoms with van der Waals surface area (Å²) in [6.45, 7) is 0. The van der Waals surface area contributed by atoms with Gasteiger partial charge < -0.3 is 5.73 Å². The monoisotopic (exact) mass is 256 g/mol. The maximum Gasteiger partial charge on any atom is 0.268 e. The molecule has 1 aromatic heterocycles. The van der Waals surface area contributed by atoms with Gasteiger partial charge in [0.15, 0.2) is 0 Å². The molecule has 0 aliphatic rings. The van der Waals surface area contributed by atoms with Crippen LogP contribution in [0.2, 0.25) is 5.02 Å². The largest absolute Gasteiger partial charge is 0.383 e. The third kappa shape index (κ3) is 1.67. The van der Waals surface area contributed by atoms with Crippen LogP contribution in [0, 0.1) is 0 Å². The van der Waals surface area contributed by atoms with Crippen LogP contribution in [0.3, 0.4) is 0 Å². The zero-order valence-electron chi connectivity index (χ0n) is 5.69. The normalized spacial score (nSPS) is 10.8. The smallest absolute Gasteiger partial charge is 0.268 e. The number of nitrogens with zero attached hydrogens (tertiary/aromatic N) is 1. The van der Waals surface area contributed by atoms with Gasteiger partial charge >= 0.3 is 0 Å². The first-order valence-corrected chi connectivity index (χ1v) is 4.08. The number of hydrogen-bond donors (Lipinski definition) is 1. The molecular weight excluding hydrogens is 253 g/mol. The van der Waals surface area contributed by atoms with E-state index in [9.17, 15) is 8.78 Å². The lowest BCUT2D eigenvalue weighted by atomic mass is 10.3. The molecule has 1 rings (SSSR count). The van der Waals surface area contributed by atoms with Crippen LogP contribution in [0.5, 0.6) is 0 Å². The number of nitrogens with two attached hydrogens (primary N) is 1. The molecule has 1 heterocycles. The fourth-order valence-electron chi connectivity index (χ4n) is 0.701. The van der Waals surface area contributed by atoms with E-state index in [1.807, 2.05) is 0 Å². The van der Waals surface area contributed by atoms with Gasteiger partial charge in [0, 0.05) is 6.20 Å². The molecule has 2 nitrogen and oxygen atoms in total. The Morgan fingerprint density at radius 3 is 2.58 bits per heavy atom. The average Bonchev–Trinajstić information content (AvgIpc) is 1.97. The Labute approximate surface area is 80.9 Å². The van der Waals surface area contributed by atoms with Gasteiger partial charge in [-0.25, -0.2) is 13.8 Å². The molecule has 0 aliphatic carbocycles. The first kappa shape index (κ1) is 9.67. The number of nitrogen functional groups attached to an aromatic ring is 1. The number of alkyl halides is 2. The number of hydrogen-bond acceptors (Lipinski definition) is 2. The Bertz CT molecular complexity index is 306. The highest BCUT2D eigenvalue weighted by Crippen LogP contribution is 2.35. The summed E-state index contributed by atoms with van der Waals surface area (Å²) in [7, 11) is 0. The van der Waals surface area contributed by atoms with Gasteiger partial charge in [-0.15, -0.1) is 0 Å². The minimum absolute atomic E-state index is 0.103. The molecule has 1 aromatic rings. The average molecular weight is 257 g/mol. The highest BCUT2D eigenvalue weighted by atomic mass is 79.9. The van der Waals surface area contributed by atoms with Gasteiger partial charge in [-0.2, -0.15) is 0 Å². The van der Waals surface area contributed by atoms with Crippen molar-refractivity contribution < 1.29 is 8.78 Å². The van der Waals surface area contributed by atoms with Crippen molar-refractivity contribution in [3.05, 3.63) is 21.3 Å². The van der Waals surface area contributed by atoms with E-state index >= 15 is 0 Å². The maximum absolute atomic E-state index is 12.3. The second-order valence-corrected chi connectivity index (χ2v) is 3.22. The van der Waals surface area contributed by atoms with E-state index in [1.165, 1.54) is 6.20 Å². The van der Waals surface area contributed by atoms with Crippen molar-refractivity contribution in [1.29, 1.82) is 0 Å². The Morgan fingerprint density at radius 1 is 1.58 bits per heavy atom. The van der Waals surface area contributed by atoms with Gasteiger partial charge in [0.1, 0.15) is 5.82 Å². The summed E-state index contributed by atoms with van der Waals surface area (Å²) in [6, 6.07) is 0. The molecule has 0 aliphatic heterocycles. The highest BCUT2D eigenvalue weighted by molar-refractivity contribution is 9.10. The van der Waals surface area contributed by atoms with Gasteiger partial charge in [0.25, 0.3) is 6.43 Å². The van der Waals surface area contributed by atoms with Gasteiger partial charge in [-0.05, 0) is 15.9 Å². The van der Waals surface area contributed by atoms with Gasteiger partial charge in [0.2, 0.25) is 0 Å². The van der Waals surface area contributed by atoms with E-state index in [4.69, 9.17) is 17.3 Å². The first-order valence-electron chi connectivity index (χ1n) is 2.91. The third-order valence-corrected chi connectivity index (χ3v) is 2.63. The molecular formula is C6H4BrClF2N2. The molecule has 0 amide bonds. The lowest BCUT2D eigenvalue weighted by Crippen LogP contribution is -1.99. The summed E-state index contributed by atoms with van der Waals surface area (Å²) in [4.78, 5) is 3.50. The van der Waals surface area contributed by atoms with Crippen molar-refractivity contribution in [1.82, 2.24) is 4.98 Å². The number of anilines is 1. The summed E-state index contributed by atoms with van der Waals surface area (Å²) in [5, 5.41) is 0.125. The highest BCUT2D eigenvalue weighted by Gasteiger charge is 2.18. The molecule has 0 radical (unpaired) electrons. The summed E-state index contributed by atoms with van der Waals surface area (Å²) in [5.74, 6) is -0.207. The summed E-state index contributed by atoms with van der Waals surface area (Å²) < 4.78 is 24.6. The second-order valence-electron chi connectivity index (χ2n) is 2.02. The fourth-order valence-corrected chi connectivity index (χ4v) is 1.33. The second kappa shape index (κ2) is 3.53. The lowest BCUT2D eigenvalue weighted by Gasteiger charge is -2.06. The predicted octanol–water partition coefficient (Wildman–Crippen LogP) is 3.02. The Hall–Kier alpha value is -0.420. The van der Waals surface area contributed by atoms with Crippen molar-refractivity contribution in [2.75, 3.05) is 5.73 Å². The molecule has 0 spiro atoms. The molecule has 2 N–H and O–H groups in total. The van der Waals surface area contributed by atoms with Crippen LogP contribution >= 0.6 is 27.5 Å². The van der Waals surface area contributed by atoms with Crippen LogP contribution in [0.4, 0.5) is 14.6 Å². The van der Waals surface area contributed by atoms with Crippen molar-refractivity contribution in [2.24, 2.45) is 0 Å². The van der Waals surface area contributed by atoms with Crippen molar-refractivity contribution in [3.8, 4) is 0 Å². The van der Waals surface area contributed by atoms with Crippen LogP contribution in [-0.4, -0.2) is 4.98 Å². The van der Waals surface area contributed by atoms with Crippen molar-refractivity contribution in [2.45, 2.75) is 6.43 Å². The molecule has 6 heteroatoms. The zero-order valence-corrected chi connectivity index (χ0v) is 8.03. The van der Waals surface area contributed by atoms with Crippen molar-refractivity contribution in [3.63, 3.8) is 0 Å². The van der Waals surface area contributed by atoms with Gasteiger partial charge in [-0.3, -0.25) is 0 Å². The van der Waals surface area contributed by atoms with Gasteiger partial charge in [-0.1, -0.05) is 11.6 Å². The molecule has 0 bridgehead atoms.